The second kappa shape index (κ2) is 4.14. The van der Waals surface area contributed by atoms with Gasteiger partial charge in [-0.3, -0.25) is 9.78 Å². The Morgan fingerprint density at radius 2 is 1.45 bits per heavy atom. The zero-order chi connectivity index (χ0) is 13.5. The van der Waals surface area contributed by atoms with Crippen molar-refractivity contribution < 1.29 is 4.79 Å². The highest BCUT2D eigenvalue weighted by Gasteiger charge is 2.26. The van der Waals surface area contributed by atoms with Crippen LogP contribution in [0, 0.1) is 0 Å². The number of benzene rings is 2. The number of pyridine rings is 1. The molecule has 1 aromatic heterocycles. The van der Waals surface area contributed by atoms with Crippen LogP contribution in [0.5, 0.6) is 0 Å². The first-order chi connectivity index (χ1) is 9.84. The molecule has 20 heavy (non-hydrogen) atoms. The predicted molar refractivity (Wildman–Crippen MR) is 78.5 cm³/mol. The van der Waals surface area contributed by atoms with Gasteiger partial charge in [0.15, 0.2) is 5.78 Å². The predicted octanol–water partition coefficient (Wildman–Crippen LogP) is 3.96. The molecule has 0 saturated carbocycles. The van der Waals surface area contributed by atoms with Gasteiger partial charge in [0.05, 0.1) is 5.69 Å². The Balaban J connectivity index is 1.91. The molecule has 0 amide bonds. The number of aromatic nitrogens is 1. The Hall–Kier alpha value is -2.74. The molecule has 0 aliphatic heterocycles. The molecule has 0 atom stereocenters. The lowest BCUT2D eigenvalue weighted by molar-refractivity contribution is 0.104. The fourth-order valence-electron chi connectivity index (χ4n) is 2.72. The minimum Gasteiger partial charge on any atom is -0.289 e. The maximum atomic E-state index is 12.5. The van der Waals surface area contributed by atoms with Crippen molar-refractivity contribution in [2.45, 2.75) is 0 Å². The summed E-state index contributed by atoms with van der Waals surface area (Å²) in [5.74, 6) is 0.105. The third-order valence-corrected chi connectivity index (χ3v) is 3.69. The Morgan fingerprint density at radius 1 is 0.700 bits per heavy atom. The van der Waals surface area contributed by atoms with E-state index >= 15 is 0 Å². The number of ketones is 1. The zero-order valence-corrected chi connectivity index (χ0v) is 10.7. The van der Waals surface area contributed by atoms with Crippen LogP contribution in [0.1, 0.15) is 15.9 Å². The average molecular weight is 257 g/mol. The fourth-order valence-corrected chi connectivity index (χ4v) is 2.72. The molecule has 3 aromatic rings. The van der Waals surface area contributed by atoms with Gasteiger partial charge in [0, 0.05) is 22.9 Å². The Bertz CT molecular complexity index is 822. The highest BCUT2D eigenvalue weighted by atomic mass is 16.1. The van der Waals surface area contributed by atoms with Gasteiger partial charge >= 0.3 is 0 Å². The van der Waals surface area contributed by atoms with Gasteiger partial charge in [0.25, 0.3) is 0 Å². The summed E-state index contributed by atoms with van der Waals surface area (Å²) in [5.41, 5.74) is 5.48. The van der Waals surface area contributed by atoms with E-state index < -0.39 is 0 Å². The molecule has 0 fully saturated rings. The van der Waals surface area contributed by atoms with Crippen LogP contribution in [-0.2, 0) is 0 Å². The van der Waals surface area contributed by atoms with Crippen LogP contribution in [0.4, 0.5) is 0 Å². The SMILES string of the molecule is O=C1c2ccccc2-c2ccc(-c3ccccn3)cc21. The van der Waals surface area contributed by atoms with Crippen LogP contribution in [0.3, 0.4) is 0 Å². The molecule has 2 nitrogen and oxygen atoms in total. The molecule has 0 unspecified atom stereocenters. The van der Waals surface area contributed by atoms with Crippen molar-refractivity contribution in [1.29, 1.82) is 0 Å². The summed E-state index contributed by atoms with van der Waals surface area (Å²) in [6, 6.07) is 19.5. The Morgan fingerprint density at radius 3 is 2.25 bits per heavy atom. The monoisotopic (exact) mass is 257 g/mol. The van der Waals surface area contributed by atoms with Gasteiger partial charge in [-0.2, -0.15) is 0 Å². The second-order valence-corrected chi connectivity index (χ2v) is 4.85. The lowest BCUT2D eigenvalue weighted by Gasteiger charge is -2.04. The van der Waals surface area contributed by atoms with E-state index in [-0.39, 0.29) is 5.78 Å². The standard InChI is InChI=1S/C18H11NO/c20-18-15-6-2-1-5-13(15)14-9-8-12(11-16(14)18)17-7-3-4-10-19-17/h1-11H. The maximum Gasteiger partial charge on any atom is 0.194 e. The van der Waals surface area contributed by atoms with E-state index in [9.17, 15) is 4.79 Å². The van der Waals surface area contributed by atoms with Crippen molar-refractivity contribution in [3.8, 4) is 22.4 Å². The van der Waals surface area contributed by atoms with E-state index in [2.05, 4.69) is 4.98 Å². The summed E-state index contributed by atoms with van der Waals surface area (Å²) < 4.78 is 0. The van der Waals surface area contributed by atoms with Gasteiger partial charge in [-0.25, -0.2) is 0 Å². The lowest BCUT2D eigenvalue weighted by Crippen LogP contribution is -1.95. The lowest BCUT2D eigenvalue weighted by atomic mass is 10.0. The van der Waals surface area contributed by atoms with Crippen LogP contribution in [0.15, 0.2) is 66.9 Å². The summed E-state index contributed by atoms with van der Waals surface area (Å²) >= 11 is 0. The number of carbonyl (C=O) groups excluding carboxylic acids is 1. The van der Waals surface area contributed by atoms with Crippen molar-refractivity contribution in [2.75, 3.05) is 0 Å². The molecule has 0 saturated heterocycles. The van der Waals surface area contributed by atoms with Crippen molar-refractivity contribution in [2.24, 2.45) is 0 Å². The molecule has 1 heterocycles. The normalized spacial score (nSPS) is 12.1. The third kappa shape index (κ3) is 1.51. The highest BCUT2D eigenvalue weighted by Crippen LogP contribution is 2.38. The molecular formula is C18H11NO. The second-order valence-electron chi connectivity index (χ2n) is 4.85. The van der Waals surface area contributed by atoms with Gasteiger partial charge < -0.3 is 0 Å². The minimum atomic E-state index is 0.105. The smallest absolute Gasteiger partial charge is 0.194 e. The zero-order valence-electron chi connectivity index (χ0n) is 10.7. The van der Waals surface area contributed by atoms with Gasteiger partial charge in [-0.15, -0.1) is 0 Å². The topological polar surface area (TPSA) is 30.0 Å². The molecule has 2 heteroatoms. The summed E-state index contributed by atoms with van der Waals surface area (Å²) in [6.07, 6.45) is 1.76. The summed E-state index contributed by atoms with van der Waals surface area (Å²) in [6.45, 7) is 0. The highest BCUT2D eigenvalue weighted by molar-refractivity contribution is 6.22. The molecule has 0 spiro atoms. The molecule has 94 valence electrons. The van der Waals surface area contributed by atoms with Crippen molar-refractivity contribution in [1.82, 2.24) is 4.98 Å². The first kappa shape index (κ1) is 11.1. The quantitative estimate of drug-likeness (QED) is 0.516. The molecule has 2 aromatic carbocycles. The van der Waals surface area contributed by atoms with Gasteiger partial charge in [0.2, 0.25) is 0 Å². The van der Waals surface area contributed by atoms with Gasteiger partial charge in [0.1, 0.15) is 0 Å². The Labute approximate surface area is 116 Å². The summed E-state index contributed by atoms with van der Waals surface area (Å²) in [5, 5.41) is 0. The molecule has 0 bridgehead atoms. The summed E-state index contributed by atoms with van der Waals surface area (Å²) in [4.78, 5) is 16.8. The van der Waals surface area contributed by atoms with E-state index in [0.717, 1.165) is 33.5 Å². The van der Waals surface area contributed by atoms with Crippen molar-refractivity contribution in [3.05, 3.63) is 78.0 Å². The van der Waals surface area contributed by atoms with Crippen molar-refractivity contribution in [3.63, 3.8) is 0 Å². The number of nitrogens with zero attached hydrogens (tertiary/aromatic N) is 1. The average Bonchev–Trinajstić information content (AvgIpc) is 2.81. The molecule has 4 rings (SSSR count). The van der Waals surface area contributed by atoms with E-state index in [1.165, 1.54) is 0 Å². The number of hydrogen-bond donors (Lipinski definition) is 0. The van der Waals surface area contributed by atoms with E-state index in [4.69, 9.17) is 0 Å². The molecule has 0 N–H and O–H groups in total. The first-order valence-corrected chi connectivity index (χ1v) is 6.54. The fraction of sp³-hybridized carbons (Fsp3) is 0. The molecule has 1 aliphatic rings. The van der Waals surface area contributed by atoms with Gasteiger partial charge in [-0.05, 0) is 29.3 Å². The van der Waals surface area contributed by atoms with Crippen LogP contribution >= 0.6 is 0 Å². The maximum absolute atomic E-state index is 12.5. The van der Waals surface area contributed by atoms with E-state index in [1.54, 1.807) is 6.20 Å². The van der Waals surface area contributed by atoms with Crippen LogP contribution in [-0.4, -0.2) is 10.8 Å². The van der Waals surface area contributed by atoms with Crippen LogP contribution < -0.4 is 0 Å². The van der Waals surface area contributed by atoms with Crippen molar-refractivity contribution >= 4 is 5.78 Å². The van der Waals surface area contributed by atoms with Crippen LogP contribution in [0.2, 0.25) is 0 Å². The van der Waals surface area contributed by atoms with Gasteiger partial charge in [-0.1, -0.05) is 42.5 Å². The minimum absolute atomic E-state index is 0.105. The molecule has 1 aliphatic carbocycles. The van der Waals surface area contributed by atoms with E-state index in [1.807, 2.05) is 60.7 Å². The van der Waals surface area contributed by atoms with E-state index in [0.29, 0.717) is 0 Å². The molecular weight excluding hydrogens is 246 g/mol. The van der Waals surface area contributed by atoms with Crippen LogP contribution in [0.25, 0.3) is 22.4 Å². The largest absolute Gasteiger partial charge is 0.289 e. The number of rotatable bonds is 1. The number of fused-ring (bicyclic) bond motifs is 3. The Kier molecular flexibility index (Phi) is 2.30. The first-order valence-electron chi connectivity index (χ1n) is 6.54. The number of carbonyl (C=O) groups is 1. The number of hydrogen-bond acceptors (Lipinski definition) is 2. The summed E-state index contributed by atoms with van der Waals surface area (Å²) in [7, 11) is 0. The molecule has 0 radical (unpaired) electrons. The third-order valence-electron chi connectivity index (χ3n) is 3.69.